The standard InChI is InChI=1S/C21H25ClN2O3/c1-3-26-20-14-16(13-19(22)21(20)27-4-2)15-23-17-5-7-18(8-6-17)24-9-11-25-12-10-24/h5-8,13-15H,3-4,9-12H2,1-2H3. The van der Waals surface area contributed by atoms with Crippen molar-refractivity contribution < 1.29 is 14.2 Å². The fourth-order valence-corrected chi connectivity index (χ4v) is 3.20. The van der Waals surface area contributed by atoms with E-state index in [4.69, 9.17) is 25.8 Å². The van der Waals surface area contributed by atoms with Crippen molar-refractivity contribution in [2.45, 2.75) is 13.8 Å². The van der Waals surface area contributed by atoms with Crippen LogP contribution in [-0.2, 0) is 4.74 Å². The van der Waals surface area contributed by atoms with Gasteiger partial charge >= 0.3 is 0 Å². The van der Waals surface area contributed by atoms with Crippen LogP contribution in [0.2, 0.25) is 5.02 Å². The third-order valence-corrected chi connectivity index (χ3v) is 4.49. The summed E-state index contributed by atoms with van der Waals surface area (Å²) in [7, 11) is 0. The summed E-state index contributed by atoms with van der Waals surface area (Å²) in [5, 5.41) is 0.520. The van der Waals surface area contributed by atoms with Crippen molar-refractivity contribution >= 4 is 29.2 Å². The summed E-state index contributed by atoms with van der Waals surface area (Å²) >= 11 is 6.36. The van der Waals surface area contributed by atoms with Crippen molar-refractivity contribution in [3.8, 4) is 11.5 Å². The lowest BCUT2D eigenvalue weighted by Crippen LogP contribution is -2.36. The quantitative estimate of drug-likeness (QED) is 0.643. The van der Waals surface area contributed by atoms with Gasteiger partial charge in [0.2, 0.25) is 0 Å². The first kappa shape index (κ1) is 19.5. The van der Waals surface area contributed by atoms with Crippen LogP contribution in [0, 0.1) is 0 Å². The number of rotatable bonds is 7. The summed E-state index contributed by atoms with van der Waals surface area (Å²) in [6, 6.07) is 11.9. The molecule has 1 aliphatic rings. The number of aliphatic imine (C=N–C) groups is 1. The molecule has 2 aromatic carbocycles. The first-order valence-electron chi connectivity index (χ1n) is 9.27. The summed E-state index contributed by atoms with van der Waals surface area (Å²) in [4.78, 5) is 6.87. The minimum Gasteiger partial charge on any atom is -0.490 e. The highest BCUT2D eigenvalue weighted by atomic mass is 35.5. The first-order chi connectivity index (χ1) is 13.2. The third kappa shape index (κ3) is 5.15. The van der Waals surface area contributed by atoms with Gasteiger partial charge in [-0.15, -0.1) is 0 Å². The molecule has 144 valence electrons. The lowest BCUT2D eigenvalue weighted by Gasteiger charge is -2.28. The monoisotopic (exact) mass is 388 g/mol. The Kier molecular flexibility index (Phi) is 6.96. The molecule has 0 atom stereocenters. The van der Waals surface area contributed by atoms with Crippen LogP contribution in [-0.4, -0.2) is 45.7 Å². The molecular formula is C21H25ClN2O3. The number of ether oxygens (including phenoxy) is 3. The predicted octanol–water partition coefficient (Wildman–Crippen LogP) is 4.72. The van der Waals surface area contributed by atoms with Crippen molar-refractivity contribution in [2.24, 2.45) is 4.99 Å². The van der Waals surface area contributed by atoms with Gasteiger partial charge in [0.15, 0.2) is 11.5 Å². The first-order valence-corrected chi connectivity index (χ1v) is 9.65. The van der Waals surface area contributed by atoms with E-state index in [1.165, 1.54) is 5.69 Å². The van der Waals surface area contributed by atoms with Crippen molar-refractivity contribution in [3.63, 3.8) is 0 Å². The second-order valence-electron chi connectivity index (χ2n) is 6.07. The van der Waals surface area contributed by atoms with E-state index in [0.717, 1.165) is 37.6 Å². The second-order valence-corrected chi connectivity index (χ2v) is 6.48. The van der Waals surface area contributed by atoms with Gasteiger partial charge in [-0.25, -0.2) is 0 Å². The minimum absolute atomic E-state index is 0.520. The minimum atomic E-state index is 0.520. The van der Waals surface area contributed by atoms with Gasteiger partial charge in [0.25, 0.3) is 0 Å². The predicted molar refractivity (Wildman–Crippen MR) is 111 cm³/mol. The Balaban J connectivity index is 1.74. The molecule has 1 heterocycles. The highest BCUT2D eigenvalue weighted by Crippen LogP contribution is 2.36. The van der Waals surface area contributed by atoms with Crippen LogP contribution in [0.1, 0.15) is 19.4 Å². The molecule has 0 N–H and O–H groups in total. The van der Waals surface area contributed by atoms with E-state index in [1.807, 2.05) is 38.1 Å². The van der Waals surface area contributed by atoms with Gasteiger partial charge in [-0.2, -0.15) is 0 Å². The zero-order chi connectivity index (χ0) is 19.1. The van der Waals surface area contributed by atoms with Crippen molar-refractivity contribution in [2.75, 3.05) is 44.4 Å². The van der Waals surface area contributed by atoms with Crippen LogP contribution >= 0.6 is 11.6 Å². The molecule has 6 heteroatoms. The fourth-order valence-electron chi connectivity index (χ4n) is 2.93. The van der Waals surface area contributed by atoms with Crippen molar-refractivity contribution in [3.05, 3.63) is 47.0 Å². The zero-order valence-corrected chi connectivity index (χ0v) is 16.5. The SMILES string of the molecule is CCOc1cc(C=Nc2ccc(N3CCOCC3)cc2)cc(Cl)c1OCC. The number of nitrogens with zero attached hydrogens (tertiary/aromatic N) is 2. The normalized spacial score (nSPS) is 14.6. The highest BCUT2D eigenvalue weighted by molar-refractivity contribution is 6.32. The number of hydrogen-bond acceptors (Lipinski definition) is 5. The third-order valence-electron chi connectivity index (χ3n) is 4.21. The van der Waals surface area contributed by atoms with Crippen LogP contribution < -0.4 is 14.4 Å². The molecule has 0 bridgehead atoms. The van der Waals surface area contributed by atoms with Crippen LogP contribution in [0.5, 0.6) is 11.5 Å². The molecule has 0 aromatic heterocycles. The molecule has 1 fully saturated rings. The van der Waals surface area contributed by atoms with Gasteiger partial charge in [-0.05, 0) is 55.8 Å². The topological polar surface area (TPSA) is 43.3 Å². The van der Waals surface area contributed by atoms with Crippen LogP contribution in [0.4, 0.5) is 11.4 Å². The Morgan fingerprint density at radius 3 is 2.44 bits per heavy atom. The molecule has 0 aliphatic carbocycles. The number of benzene rings is 2. The second kappa shape index (κ2) is 9.62. The maximum Gasteiger partial charge on any atom is 0.179 e. The smallest absolute Gasteiger partial charge is 0.179 e. The van der Waals surface area contributed by atoms with Gasteiger partial charge < -0.3 is 19.1 Å². The Bertz CT molecular complexity index is 772. The van der Waals surface area contributed by atoms with E-state index < -0.39 is 0 Å². The number of hydrogen-bond donors (Lipinski definition) is 0. The Hall–Kier alpha value is -2.24. The summed E-state index contributed by atoms with van der Waals surface area (Å²) in [6.07, 6.45) is 1.79. The van der Waals surface area contributed by atoms with Gasteiger partial charge in [0.05, 0.1) is 37.1 Å². The molecule has 0 spiro atoms. The molecule has 0 unspecified atom stereocenters. The van der Waals surface area contributed by atoms with Gasteiger partial charge in [0.1, 0.15) is 0 Å². The zero-order valence-electron chi connectivity index (χ0n) is 15.8. The molecule has 0 amide bonds. The maximum atomic E-state index is 6.36. The maximum absolute atomic E-state index is 6.36. The van der Waals surface area contributed by atoms with E-state index in [0.29, 0.717) is 29.7 Å². The number of anilines is 1. The van der Waals surface area contributed by atoms with E-state index in [1.54, 1.807) is 6.21 Å². The Morgan fingerprint density at radius 2 is 1.78 bits per heavy atom. The van der Waals surface area contributed by atoms with Crippen molar-refractivity contribution in [1.82, 2.24) is 0 Å². The van der Waals surface area contributed by atoms with Gasteiger partial charge in [-0.1, -0.05) is 11.6 Å². The van der Waals surface area contributed by atoms with Crippen LogP contribution in [0.15, 0.2) is 41.4 Å². The van der Waals surface area contributed by atoms with E-state index in [9.17, 15) is 0 Å². The Labute approximate surface area is 165 Å². The van der Waals surface area contributed by atoms with E-state index in [-0.39, 0.29) is 0 Å². The average molecular weight is 389 g/mol. The highest BCUT2D eigenvalue weighted by Gasteiger charge is 2.12. The number of morpholine rings is 1. The molecule has 1 saturated heterocycles. The average Bonchev–Trinajstić information content (AvgIpc) is 2.70. The summed E-state index contributed by atoms with van der Waals surface area (Å²) in [5.74, 6) is 1.21. The molecule has 1 aliphatic heterocycles. The van der Waals surface area contributed by atoms with E-state index >= 15 is 0 Å². The van der Waals surface area contributed by atoms with Gasteiger partial charge in [0, 0.05) is 25.0 Å². The number of halogens is 1. The molecule has 0 saturated carbocycles. The molecular weight excluding hydrogens is 364 g/mol. The van der Waals surface area contributed by atoms with E-state index in [2.05, 4.69) is 22.0 Å². The lowest BCUT2D eigenvalue weighted by atomic mass is 10.2. The van der Waals surface area contributed by atoms with Crippen molar-refractivity contribution in [1.29, 1.82) is 0 Å². The summed E-state index contributed by atoms with van der Waals surface area (Å²) in [5.41, 5.74) is 2.94. The Morgan fingerprint density at radius 1 is 1.07 bits per heavy atom. The molecule has 3 rings (SSSR count). The van der Waals surface area contributed by atoms with Crippen LogP contribution in [0.25, 0.3) is 0 Å². The van der Waals surface area contributed by atoms with Crippen LogP contribution in [0.3, 0.4) is 0 Å². The fraction of sp³-hybridized carbons (Fsp3) is 0.381. The molecule has 27 heavy (non-hydrogen) atoms. The van der Waals surface area contributed by atoms with Gasteiger partial charge in [-0.3, -0.25) is 4.99 Å². The summed E-state index contributed by atoms with van der Waals surface area (Å²) in [6.45, 7) is 8.33. The summed E-state index contributed by atoms with van der Waals surface area (Å²) < 4.78 is 16.7. The largest absolute Gasteiger partial charge is 0.490 e. The lowest BCUT2D eigenvalue weighted by molar-refractivity contribution is 0.122. The molecule has 2 aromatic rings. The molecule has 5 nitrogen and oxygen atoms in total. The molecule has 0 radical (unpaired) electrons.